The lowest BCUT2D eigenvalue weighted by molar-refractivity contribution is -0.137. The zero-order valence-electron chi connectivity index (χ0n) is 15.9. The van der Waals surface area contributed by atoms with Crippen molar-refractivity contribution in [2.75, 3.05) is 20.8 Å². The standard InChI is InChI=1S/C20H17F3N2O4S/c1-27-11-15(30-19(25)26)7-12-3-5-17(18(8-12)28-2)29-16-6-4-14(20(21,22)23)9-13(16)10-24/h3-9H,11H2,1-2H3,(H2,25,26)/b15-7-. The van der Waals surface area contributed by atoms with Gasteiger partial charge in [0.05, 0.1) is 24.8 Å². The van der Waals surface area contributed by atoms with Crippen LogP contribution in [0.3, 0.4) is 0 Å². The van der Waals surface area contributed by atoms with Gasteiger partial charge in [0.25, 0.3) is 5.24 Å². The Bertz CT molecular complexity index is 1000. The molecule has 1 amide bonds. The van der Waals surface area contributed by atoms with Crippen LogP contribution in [0.5, 0.6) is 17.2 Å². The zero-order chi connectivity index (χ0) is 22.3. The minimum absolute atomic E-state index is 0.0450. The van der Waals surface area contributed by atoms with E-state index in [-0.39, 0.29) is 29.4 Å². The van der Waals surface area contributed by atoms with Crippen LogP contribution in [0.1, 0.15) is 16.7 Å². The predicted octanol–water partition coefficient (Wildman–Crippen LogP) is 5.18. The van der Waals surface area contributed by atoms with Crippen molar-refractivity contribution in [3.8, 4) is 23.3 Å². The molecule has 0 saturated carbocycles. The number of carbonyl (C=O) groups excluding carboxylic acids is 1. The van der Waals surface area contributed by atoms with Crippen molar-refractivity contribution in [2.24, 2.45) is 5.73 Å². The van der Waals surface area contributed by atoms with Crippen LogP contribution in [0.4, 0.5) is 18.0 Å². The number of hydrogen-bond donors (Lipinski definition) is 1. The fourth-order valence-corrected chi connectivity index (χ4v) is 3.05. The van der Waals surface area contributed by atoms with E-state index >= 15 is 0 Å². The summed E-state index contributed by atoms with van der Waals surface area (Å²) in [5.74, 6) is 0.423. The topological polar surface area (TPSA) is 94.6 Å². The number of thioether (sulfide) groups is 1. The predicted molar refractivity (Wildman–Crippen MR) is 106 cm³/mol. The molecule has 6 nitrogen and oxygen atoms in total. The van der Waals surface area contributed by atoms with Gasteiger partial charge in [-0.2, -0.15) is 18.4 Å². The first-order chi connectivity index (χ1) is 14.2. The van der Waals surface area contributed by atoms with Crippen LogP contribution >= 0.6 is 11.8 Å². The van der Waals surface area contributed by atoms with Gasteiger partial charge < -0.3 is 19.9 Å². The Morgan fingerprint density at radius 2 is 1.87 bits per heavy atom. The van der Waals surface area contributed by atoms with Crippen LogP contribution in [-0.2, 0) is 10.9 Å². The molecule has 158 valence electrons. The van der Waals surface area contributed by atoms with Gasteiger partial charge in [0, 0.05) is 12.0 Å². The van der Waals surface area contributed by atoms with Gasteiger partial charge in [-0.3, -0.25) is 4.79 Å². The van der Waals surface area contributed by atoms with Crippen molar-refractivity contribution in [3.63, 3.8) is 0 Å². The lowest BCUT2D eigenvalue weighted by atomic mass is 10.1. The van der Waals surface area contributed by atoms with Crippen molar-refractivity contribution in [3.05, 3.63) is 58.0 Å². The number of nitrogens with zero attached hydrogens (tertiary/aromatic N) is 1. The summed E-state index contributed by atoms with van der Waals surface area (Å²) in [6, 6.07) is 9.10. The number of alkyl halides is 3. The highest BCUT2D eigenvalue weighted by molar-refractivity contribution is 8.16. The molecule has 0 aromatic heterocycles. The second-order valence-electron chi connectivity index (χ2n) is 5.80. The normalized spacial score (nSPS) is 11.7. The van der Waals surface area contributed by atoms with Crippen LogP contribution in [-0.4, -0.2) is 26.1 Å². The van der Waals surface area contributed by atoms with E-state index in [0.717, 1.165) is 30.0 Å². The second kappa shape index (κ2) is 10.0. The van der Waals surface area contributed by atoms with E-state index in [1.165, 1.54) is 20.3 Å². The second-order valence-corrected chi connectivity index (χ2v) is 6.93. The highest BCUT2D eigenvalue weighted by Crippen LogP contribution is 2.37. The van der Waals surface area contributed by atoms with E-state index in [4.69, 9.17) is 19.9 Å². The number of benzene rings is 2. The van der Waals surface area contributed by atoms with E-state index in [1.807, 2.05) is 0 Å². The molecule has 0 fully saturated rings. The number of amides is 1. The molecule has 0 heterocycles. The van der Waals surface area contributed by atoms with Gasteiger partial charge in [-0.05, 0) is 53.7 Å². The van der Waals surface area contributed by atoms with Crippen LogP contribution in [0.25, 0.3) is 6.08 Å². The molecule has 10 heteroatoms. The molecule has 0 aliphatic rings. The third-order valence-corrected chi connectivity index (χ3v) is 4.38. The average Bonchev–Trinajstić information content (AvgIpc) is 2.68. The Labute approximate surface area is 175 Å². The SMILES string of the molecule is COC/C(=C/c1ccc(Oc2ccc(C(F)(F)F)cc2C#N)c(OC)c1)SC(N)=O. The summed E-state index contributed by atoms with van der Waals surface area (Å²) < 4.78 is 54.5. The molecule has 0 aliphatic carbocycles. The van der Waals surface area contributed by atoms with Crippen LogP contribution in [0, 0.1) is 11.3 Å². The minimum Gasteiger partial charge on any atom is -0.493 e. The highest BCUT2D eigenvalue weighted by Gasteiger charge is 2.31. The fourth-order valence-electron chi connectivity index (χ4n) is 2.42. The molecule has 0 radical (unpaired) electrons. The highest BCUT2D eigenvalue weighted by atomic mass is 32.2. The molecule has 0 spiro atoms. The summed E-state index contributed by atoms with van der Waals surface area (Å²) in [6.45, 7) is 0.172. The average molecular weight is 438 g/mol. The van der Waals surface area contributed by atoms with Crippen LogP contribution in [0.2, 0.25) is 0 Å². The number of nitriles is 1. The van der Waals surface area contributed by atoms with Crippen LogP contribution < -0.4 is 15.2 Å². The number of nitrogens with two attached hydrogens (primary N) is 1. The molecular formula is C20H17F3N2O4S. The first kappa shape index (κ1) is 23.1. The van der Waals surface area contributed by atoms with Gasteiger partial charge >= 0.3 is 6.18 Å². The number of ether oxygens (including phenoxy) is 3. The number of primary amides is 1. The summed E-state index contributed by atoms with van der Waals surface area (Å²) in [5, 5.41) is 8.60. The first-order valence-corrected chi connectivity index (χ1v) is 9.13. The van der Waals surface area contributed by atoms with Gasteiger partial charge in [0.1, 0.15) is 11.8 Å². The number of hydrogen-bond acceptors (Lipinski definition) is 6. The molecule has 0 saturated heterocycles. The molecule has 2 aromatic rings. The zero-order valence-corrected chi connectivity index (χ0v) is 16.8. The van der Waals surface area contributed by atoms with E-state index in [9.17, 15) is 23.2 Å². The van der Waals surface area contributed by atoms with Gasteiger partial charge in [-0.15, -0.1) is 0 Å². The third-order valence-electron chi connectivity index (χ3n) is 3.68. The van der Waals surface area contributed by atoms with Crippen molar-refractivity contribution < 1.29 is 32.2 Å². The number of carbonyl (C=O) groups is 1. The maximum absolute atomic E-state index is 12.8. The van der Waals surface area contributed by atoms with Gasteiger partial charge in [-0.1, -0.05) is 6.07 Å². The smallest absolute Gasteiger partial charge is 0.416 e. The van der Waals surface area contributed by atoms with Crippen molar-refractivity contribution in [1.29, 1.82) is 5.26 Å². The van der Waals surface area contributed by atoms with Crippen molar-refractivity contribution in [2.45, 2.75) is 6.18 Å². The molecule has 0 atom stereocenters. The molecule has 0 unspecified atom stereocenters. The van der Waals surface area contributed by atoms with Crippen molar-refractivity contribution >= 4 is 23.1 Å². The van der Waals surface area contributed by atoms with Gasteiger partial charge in [-0.25, -0.2) is 0 Å². The maximum atomic E-state index is 12.8. The van der Waals surface area contributed by atoms with Gasteiger partial charge in [0.2, 0.25) is 0 Å². The van der Waals surface area contributed by atoms with Crippen molar-refractivity contribution in [1.82, 2.24) is 0 Å². The number of halogens is 3. The van der Waals surface area contributed by atoms with E-state index in [0.29, 0.717) is 10.5 Å². The summed E-state index contributed by atoms with van der Waals surface area (Å²) in [5.41, 5.74) is 4.63. The largest absolute Gasteiger partial charge is 0.493 e. The Kier molecular flexibility index (Phi) is 7.74. The molecule has 0 aliphatic heterocycles. The summed E-state index contributed by atoms with van der Waals surface area (Å²) >= 11 is 0.822. The van der Waals surface area contributed by atoms with Crippen LogP contribution in [0.15, 0.2) is 41.3 Å². The van der Waals surface area contributed by atoms with E-state index in [2.05, 4.69) is 0 Å². The molecule has 2 N–H and O–H groups in total. The molecule has 0 bridgehead atoms. The summed E-state index contributed by atoms with van der Waals surface area (Å²) in [4.78, 5) is 11.7. The van der Waals surface area contributed by atoms with E-state index < -0.39 is 17.0 Å². The Hall–Kier alpha value is -3.16. The molecule has 30 heavy (non-hydrogen) atoms. The maximum Gasteiger partial charge on any atom is 0.416 e. The number of rotatable bonds is 7. The van der Waals surface area contributed by atoms with E-state index in [1.54, 1.807) is 24.3 Å². The molecule has 2 rings (SSSR count). The number of methoxy groups -OCH3 is 2. The molecular weight excluding hydrogens is 421 g/mol. The lowest BCUT2D eigenvalue weighted by Gasteiger charge is -2.14. The summed E-state index contributed by atoms with van der Waals surface area (Å²) in [6.07, 6.45) is -2.90. The summed E-state index contributed by atoms with van der Waals surface area (Å²) in [7, 11) is 2.87. The third kappa shape index (κ3) is 6.17. The monoisotopic (exact) mass is 438 g/mol. The first-order valence-electron chi connectivity index (χ1n) is 8.32. The quantitative estimate of drug-likeness (QED) is 0.640. The Morgan fingerprint density at radius 1 is 1.17 bits per heavy atom. The molecule has 2 aromatic carbocycles. The fraction of sp³-hybridized carbons (Fsp3) is 0.200. The minimum atomic E-state index is -4.57. The lowest BCUT2D eigenvalue weighted by Crippen LogP contribution is -2.05. The Balaban J connectivity index is 2.36. The van der Waals surface area contributed by atoms with Gasteiger partial charge in [0.15, 0.2) is 11.5 Å². The Morgan fingerprint density at radius 3 is 2.43 bits per heavy atom.